The van der Waals surface area contributed by atoms with Crippen LogP contribution in [0.25, 0.3) is 0 Å². The lowest BCUT2D eigenvalue weighted by molar-refractivity contribution is -0.274. The Labute approximate surface area is 93.8 Å². The van der Waals surface area contributed by atoms with Crippen molar-refractivity contribution < 1.29 is 26.3 Å². The zero-order chi connectivity index (χ0) is 12.6. The van der Waals surface area contributed by atoms with E-state index in [-0.39, 0.29) is 5.02 Å². The molecule has 0 saturated carbocycles. The molecule has 0 unspecified atom stereocenters. The van der Waals surface area contributed by atoms with Crippen molar-refractivity contribution in [1.29, 1.82) is 0 Å². The fraction of sp³-hybridized carbons (Fsp3) is 0.143. The number of hydrogen-bond donors (Lipinski definition) is 1. The van der Waals surface area contributed by atoms with Gasteiger partial charge in [0, 0.05) is 11.1 Å². The maximum absolute atomic E-state index is 11.9. The molecule has 0 aliphatic rings. The molecule has 0 spiro atoms. The number of benzene rings is 1. The van der Waals surface area contributed by atoms with Crippen molar-refractivity contribution in [2.45, 2.75) is 11.3 Å². The third-order valence-corrected chi connectivity index (χ3v) is 2.52. The Morgan fingerprint density at radius 3 is 2.25 bits per heavy atom. The molecular weight excluding hydrogens is 271 g/mol. The largest absolute Gasteiger partial charge is 0.573 e. The molecule has 1 aromatic rings. The predicted octanol–water partition coefficient (Wildman–Crippen LogP) is 1.89. The number of halogens is 4. The SMILES string of the molecule is NS(=O)(=O)c1cc(Cl)cc(OC(F)(F)F)c1. The van der Waals surface area contributed by atoms with Crippen molar-refractivity contribution in [1.82, 2.24) is 0 Å². The first kappa shape index (κ1) is 13.1. The number of nitrogens with two attached hydrogens (primary N) is 1. The van der Waals surface area contributed by atoms with Crippen molar-refractivity contribution in [2.24, 2.45) is 5.14 Å². The van der Waals surface area contributed by atoms with Crippen LogP contribution in [0.15, 0.2) is 23.1 Å². The second-order valence-corrected chi connectivity index (χ2v) is 4.71. The summed E-state index contributed by atoms with van der Waals surface area (Å²) in [5, 5.41) is 4.50. The Balaban J connectivity index is 3.19. The fourth-order valence-corrected chi connectivity index (χ4v) is 1.76. The van der Waals surface area contributed by atoms with Gasteiger partial charge in [0.25, 0.3) is 0 Å². The van der Waals surface area contributed by atoms with E-state index in [1.807, 2.05) is 0 Å². The molecule has 0 amide bonds. The summed E-state index contributed by atoms with van der Waals surface area (Å²) in [5.74, 6) is -0.746. The summed E-state index contributed by atoms with van der Waals surface area (Å²) in [4.78, 5) is -0.556. The van der Waals surface area contributed by atoms with Crippen LogP contribution in [0, 0.1) is 0 Å². The Kier molecular flexibility index (Phi) is 3.36. The number of rotatable bonds is 2. The molecule has 1 rings (SSSR count). The highest BCUT2D eigenvalue weighted by Gasteiger charge is 2.31. The normalized spacial score (nSPS) is 12.6. The minimum absolute atomic E-state index is 0.231. The molecule has 0 aromatic heterocycles. The summed E-state index contributed by atoms with van der Waals surface area (Å²) in [5.41, 5.74) is 0. The highest BCUT2D eigenvalue weighted by atomic mass is 35.5. The van der Waals surface area contributed by atoms with Crippen LogP contribution in [0.2, 0.25) is 5.02 Å². The molecule has 0 bridgehead atoms. The summed E-state index contributed by atoms with van der Waals surface area (Å²) in [6.07, 6.45) is -4.93. The van der Waals surface area contributed by atoms with Gasteiger partial charge in [-0.05, 0) is 12.1 Å². The molecule has 0 atom stereocenters. The highest BCUT2D eigenvalue weighted by molar-refractivity contribution is 7.89. The van der Waals surface area contributed by atoms with Crippen LogP contribution in [0.4, 0.5) is 13.2 Å². The summed E-state index contributed by atoms with van der Waals surface area (Å²) >= 11 is 5.42. The van der Waals surface area contributed by atoms with E-state index in [0.29, 0.717) is 6.07 Å². The van der Waals surface area contributed by atoms with Gasteiger partial charge in [-0.1, -0.05) is 11.6 Å². The van der Waals surface area contributed by atoms with Gasteiger partial charge in [0.15, 0.2) is 0 Å². The Hall–Kier alpha value is -0.990. The zero-order valence-corrected chi connectivity index (χ0v) is 9.03. The number of ether oxygens (including phenoxy) is 1. The van der Waals surface area contributed by atoms with Gasteiger partial charge in [-0.3, -0.25) is 0 Å². The quantitative estimate of drug-likeness (QED) is 0.896. The Morgan fingerprint density at radius 2 is 1.81 bits per heavy atom. The molecular formula is C7H5ClF3NO3S. The first-order valence-electron chi connectivity index (χ1n) is 3.67. The van der Waals surface area contributed by atoms with Gasteiger partial charge >= 0.3 is 6.36 Å². The van der Waals surface area contributed by atoms with Crippen LogP contribution in [0.1, 0.15) is 0 Å². The second kappa shape index (κ2) is 4.11. The van der Waals surface area contributed by atoms with Crippen LogP contribution >= 0.6 is 11.6 Å². The molecule has 0 saturated heterocycles. The van der Waals surface area contributed by atoms with Crippen molar-refractivity contribution in [3.8, 4) is 5.75 Å². The number of hydrogen-bond acceptors (Lipinski definition) is 3. The standard InChI is InChI=1S/C7H5ClF3NO3S/c8-4-1-5(15-7(9,10)11)3-6(2-4)16(12,13)14/h1-3H,(H2,12,13,14). The maximum atomic E-state index is 11.9. The van der Waals surface area contributed by atoms with Crippen LogP contribution in [-0.2, 0) is 10.0 Å². The van der Waals surface area contributed by atoms with Crippen LogP contribution in [-0.4, -0.2) is 14.8 Å². The molecule has 1 aromatic carbocycles. The Morgan fingerprint density at radius 1 is 1.25 bits per heavy atom. The molecule has 16 heavy (non-hydrogen) atoms. The number of alkyl halides is 3. The maximum Gasteiger partial charge on any atom is 0.573 e. The third-order valence-electron chi connectivity index (χ3n) is 1.41. The monoisotopic (exact) mass is 275 g/mol. The molecule has 0 fully saturated rings. The smallest absolute Gasteiger partial charge is 0.406 e. The average molecular weight is 276 g/mol. The van der Waals surface area contributed by atoms with Gasteiger partial charge in [0.05, 0.1) is 4.90 Å². The van der Waals surface area contributed by atoms with E-state index in [1.165, 1.54) is 0 Å². The molecule has 0 aliphatic carbocycles. The lowest BCUT2D eigenvalue weighted by Crippen LogP contribution is -2.18. The van der Waals surface area contributed by atoms with Crippen LogP contribution < -0.4 is 9.88 Å². The summed E-state index contributed by atoms with van der Waals surface area (Å²) in [6, 6.07) is 2.37. The van der Waals surface area contributed by atoms with Gasteiger partial charge in [0.1, 0.15) is 5.75 Å². The third kappa shape index (κ3) is 3.87. The zero-order valence-electron chi connectivity index (χ0n) is 7.45. The fourth-order valence-electron chi connectivity index (χ4n) is 0.894. The molecule has 9 heteroatoms. The number of primary sulfonamides is 1. The van der Waals surface area contributed by atoms with Gasteiger partial charge in [-0.15, -0.1) is 13.2 Å². The van der Waals surface area contributed by atoms with E-state index < -0.39 is 27.0 Å². The van der Waals surface area contributed by atoms with Gasteiger partial charge in [-0.2, -0.15) is 0 Å². The lowest BCUT2D eigenvalue weighted by Gasteiger charge is -2.10. The lowest BCUT2D eigenvalue weighted by atomic mass is 10.3. The van der Waals surface area contributed by atoms with Gasteiger partial charge in [-0.25, -0.2) is 13.6 Å². The first-order chi connectivity index (χ1) is 7.08. The Bertz CT molecular complexity index is 500. The minimum Gasteiger partial charge on any atom is -0.406 e. The van der Waals surface area contributed by atoms with Crippen LogP contribution in [0.5, 0.6) is 5.75 Å². The van der Waals surface area contributed by atoms with E-state index >= 15 is 0 Å². The molecule has 2 N–H and O–H groups in total. The first-order valence-corrected chi connectivity index (χ1v) is 5.59. The average Bonchev–Trinajstić information content (AvgIpc) is 1.97. The van der Waals surface area contributed by atoms with Crippen molar-refractivity contribution >= 4 is 21.6 Å². The summed E-state index contributed by atoms with van der Waals surface area (Å²) in [7, 11) is -4.14. The van der Waals surface area contributed by atoms with Crippen molar-refractivity contribution in [3.63, 3.8) is 0 Å². The van der Waals surface area contributed by atoms with E-state index in [4.69, 9.17) is 16.7 Å². The molecule has 0 heterocycles. The van der Waals surface area contributed by atoms with E-state index in [0.717, 1.165) is 12.1 Å². The number of sulfonamides is 1. The predicted molar refractivity (Wildman–Crippen MR) is 49.5 cm³/mol. The van der Waals surface area contributed by atoms with Crippen LogP contribution in [0.3, 0.4) is 0 Å². The van der Waals surface area contributed by atoms with Crippen molar-refractivity contribution in [3.05, 3.63) is 23.2 Å². The molecule has 4 nitrogen and oxygen atoms in total. The van der Waals surface area contributed by atoms with E-state index in [9.17, 15) is 21.6 Å². The molecule has 90 valence electrons. The molecule has 0 aliphatic heterocycles. The summed E-state index contributed by atoms with van der Waals surface area (Å²) < 4.78 is 60.9. The van der Waals surface area contributed by atoms with Crippen molar-refractivity contribution in [2.75, 3.05) is 0 Å². The highest BCUT2D eigenvalue weighted by Crippen LogP contribution is 2.28. The van der Waals surface area contributed by atoms with E-state index in [2.05, 4.69) is 4.74 Å². The molecule has 0 radical (unpaired) electrons. The van der Waals surface area contributed by atoms with Gasteiger partial charge < -0.3 is 4.74 Å². The summed E-state index contributed by atoms with van der Waals surface area (Å²) in [6.45, 7) is 0. The topological polar surface area (TPSA) is 69.4 Å². The van der Waals surface area contributed by atoms with Gasteiger partial charge in [0.2, 0.25) is 10.0 Å². The van der Waals surface area contributed by atoms with E-state index in [1.54, 1.807) is 0 Å². The minimum atomic E-state index is -4.93. The second-order valence-electron chi connectivity index (χ2n) is 2.72.